The van der Waals surface area contributed by atoms with E-state index in [1.807, 2.05) is 60.7 Å². The summed E-state index contributed by atoms with van der Waals surface area (Å²) >= 11 is 0. The highest BCUT2D eigenvalue weighted by atomic mass is 31.2. The summed E-state index contributed by atoms with van der Waals surface area (Å²) in [6, 6.07) is 18.9. The molecule has 2 aromatic carbocycles. The molecule has 0 bridgehead atoms. The molecule has 106 valence electrons. The van der Waals surface area contributed by atoms with Crippen LogP contribution in [0.2, 0.25) is 0 Å². The van der Waals surface area contributed by atoms with E-state index in [1.54, 1.807) is 0 Å². The molecule has 0 aliphatic carbocycles. The number of hydrogen-bond acceptors (Lipinski definition) is 4. The van der Waals surface area contributed by atoms with Crippen LogP contribution in [0.25, 0.3) is 0 Å². The Hall–Kier alpha value is -1.45. The Balaban J connectivity index is 1.90. The Bertz CT molecular complexity index is 509. The van der Waals surface area contributed by atoms with Crippen molar-refractivity contribution in [2.24, 2.45) is 0 Å². The predicted molar refractivity (Wildman–Crippen MR) is 77.6 cm³/mol. The molecule has 2 rings (SSSR count). The summed E-state index contributed by atoms with van der Waals surface area (Å²) in [6.07, 6.45) is 0.661. The Morgan fingerprint density at radius 2 is 1.45 bits per heavy atom. The molecule has 5 heteroatoms. The average molecular weight is 292 g/mol. The summed E-state index contributed by atoms with van der Waals surface area (Å²) in [5.74, 6) is 0. The first-order valence-electron chi connectivity index (χ1n) is 6.36. The topological polar surface area (TPSA) is 55.8 Å². The predicted octanol–water partition coefficient (Wildman–Crippen LogP) is 4.13. The third-order valence-electron chi connectivity index (χ3n) is 2.91. The minimum Gasteiger partial charge on any atom is -0.302 e. The van der Waals surface area contributed by atoms with E-state index in [2.05, 4.69) is 4.67 Å². The minimum atomic E-state index is -3.48. The van der Waals surface area contributed by atoms with Crippen molar-refractivity contribution in [1.29, 1.82) is 0 Å². The maximum atomic E-state index is 12.2. The van der Waals surface area contributed by atoms with Crippen LogP contribution in [0.5, 0.6) is 0 Å². The van der Waals surface area contributed by atoms with Crippen molar-refractivity contribution in [2.45, 2.75) is 13.0 Å². The zero-order chi connectivity index (χ0) is 14.3. The van der Waals surface area contributed by atoms with Crippen molar-refractivity contribution in [3.63, 3.8) is 0 Å². The zero-order valence-electron chi connectivity index (χ0n) is 11.0. The summed E-state index contributed by atoms with van der Waals surface area (Å²) in [4.78, 5) is 0. The summed E-state index contributed by atoms with van der Waals surface area (Å²) in [5.41, 5.74) is 1.90. The Kier molecular flexibility index (Phi) is 5.50. The summed E-state index contributed by atoms with van der Waals surface area (Å²) in [6.45, 7) is 0.146. The van der Waals surface area contributed by atoms with Crippen LogP contribution in [-0.2, 0) is 26.8 Å². The molecule has 1 unspecified atom stereocenters. The van der Waals surface area contributed by atoms with Crippen molar-refractivity contribution in [2.75, 3.05) is 6.16 Å². The van der Waals surface area contributed by atoms with Gasteiger partial charge in [0.05, 0.1) is 12.8 Å². The average Bonchev–Trinajstić information content (AvgIpc) is 2.53. The maximum absolute atomic E-state index is 12.2. The van der Waals surface area contributed by atoms with Crippen LogP contribution in [-0.4, -0.2) is 11.4 Å². The lowest BCUT2D eigenvalue weighted by Gasteiger charge is -2.14. The lowest BCUT2D eigenvalue weighted by atomic mass is 10.2. The molecule has 0 radical (unpaired) electrons. The van der Waals surface area contributed by atoms with Crippen molar-refractivity contribution < 1.29 is 19.0 Å². The quantitative estimate of drug-likeness (QED) is 0.473. The van der Waals surface area contributed by atoms with Crippen LogP contribution in [0.4, 0.5) is 0 Å². The fourth-order valence-corrected chi connectivity index (χ4v) is 2.92. The smallest absolute Gasteiger partial charge is 0.302 e. The lowest BCUT2D eigenvalue weighted by Crippen LogP contribution is -2.01. The monoisotopic (exact) mass is 292 g/mol. The van der Waals surface area contributed by atoms with Gasteiger partial charge < -0.3 is 4.52 Å². The Morgan fingerprint density at radius 1 is 0.900 bits per heavy atom. The van der Waals surface area contributed by atoms with Crippen molar-refractivity contribution in [3.05, 3.63) is 71.8 Å². The van der Waals surface area contributed by atoms with E-state index in [4.69, 9.17) is 9.78 Å². The fourth-order valence-electron chi connectivity index (χ4n) is 1.79. The van der Waals surface area contributed by atoms with Crippen LogP contribution in [0.1, 0.15) is 11.1 Å². The molecule has 1 atom stereocenters. The second kappa shape index (κ2) is 7.36. The van der Waals surface area contributed by atoms with E-state index in [0.717, 1.165) is 11.1 Å². The van der Waals surface area contributed by atoms with Gasteiger partial charge >= 0.3 is 7.60 Å². The van der Waals surface area contributed by atoms with Gasteiger partial charge in [0, 0.05) is 0 Å². The summed E-state index contributed by atoms with van der Waals surface area (Å²) < 4.78 is 21.6. The molecular weight excluding hydrogens is 275 g/mol. The molecule has 0 aliphatic heterocycles. The molecule has 1 N–H and O–H groups in total. The highest BCUT2D eigenvalue weighted by Crippen LogP contribution is 2.48. The van der Waals surface area contributed by atoms with E-state index in [1.165, 1.54) is 0 Å². The minimum absolute atomic E-state index is 0.139. The third-order valence-corrected chi connectivity index (χ3v) is 4.45. The second-order valence-corrected chi connectivity index (χ2v) is 6.50. The third kappa shape index (κ3) is 4.58. The van der Waals surface area contributed by atoms with Gasteiger partial charge in [-0.15, -0.1) is 0 Å². The molecule has 0 saturated carbocycles. The first kappa shape index (κ1) is 14.9. The van der Waals surface area contributed by atoms with Gasteiger partial charge in [-0.2, -0.15) is 4.67 Å². The molecule has 0 heterocycles. The van der Waals surface area contributed by atoms with Gasteiger partial charge in [-0.05, 0) is 17.5 Å². The highest BCUT2D eigenvalue weighted by Gasteiger charge is 2.24. The first-order valence-corrected chi connectivity index (χ1v) is 8.09. The maximum Gasteiger partial charge on any atom is 0.358 e. The Morgan fingerprint density at radius 3 is 2.00 bits per heavy atom. The van der Waals surface area contributed by atoms with Crippen LogP contribution in [0.3, 0.4) is 0 Å². The van der Waals surface area contributed by atoms with Gasteiger partial charge in [0.25, 0.3) is 0 Å². The van der Waals surface area contributed by atoms with Gasteiger partial charge in [0.15, 0.2) is 0 Å². The molecule has 0 aliphatic rings. The normalized spacial score (nSPS) is 13.8. The second-order valence-electron chi connectivity index (χ2n) is 4.41. The van der Waals surface area contributed by atoms with Crippen LogP contribution >= 0.6 is 7.60 Å². The molecule has 2 aromatic rings. The van der Waals surface area contributed by atoms with Crippen molar-refractivity contribution in [3.8, 4) is 0 Å². The van der Waals surface area contributed by atoms with Crippen LogP contribution in [0.15, 0.2) is 60.7 Å². The van der Waals surface area contributed by atoms with Crippen molar-refractivity contribution >= 4 is 7.60 Å². The lowest BCUT2D eigenvalue weighted by molar-refractivity contribution is -0.149. The Labute approximate surface area is 118 Å². The van der Waals surface area contributed by atoms with Gasteiger partial charge in [-0.1, -0.05) is 60.7 Å². The van der Waals surface area contributed by atoms with E-state index in [-0.39, 0.29) is 12.8 Å². The zero-order valence-corrected chi connectivity index (χ0v) is 11.9. The number of hydrogen-bond donors (Lipinski definition) is 1. The first-order chi connectivity index (χ1) is 9.72. The van der Waals surface area contributed by atoms with Gasteiger partial charge in [0.2, 0.25) is 0 Å². The molecule has 0 fully saturated rings. The number of aryl methyl sites for hydroxylation is 1. The standard InChI is InChI=1S/C15H17O4P/c16-19-20(17,12-11-14-7-3-1-4-8-14)18-13-15-9-5-2-6-10-15/h1-10,16H,11-13H2. The molecule has 0 spiro atoms. The van der Waals surface area contributed by atoms with Crippen LogP contribution < -0.4 is 0 Å². The fraction of sp³-hybridized carbons (Fsp3) is 0.200. The molecule has 0 amide bonds. The SMILES string of the molecule is O=P(CCc1ccccc1)(OO)OCc1ccccc1. The molecule has 0 aromatic heterocycles. The molecule has 20 heavy (non-hydrogen) atoms. The number of benzene rings is 2. The van der Waals surface area contributed by atoms with E-state index in [0.29, 0.717) is 6.42 Å². The summed E-state index contributed by atoms with van der Waals surface area (Å²) in [5, 5.41) is 8.85. The van der Waals surface area contributed by atoms with Crippen LogP contribution in [0, 0.1) is 0 Å². The highest BCUT2D eigenvalue weighted by molar-refractivity contribution is 7.53. The van der Waals surface area contributed by atoms with E-state index < -0.39 is 7.60 Å². The molecule has 0 saturated heterocycles. The molecular formula is C15H17O4P. The van der Waals surface area contributed by atoms with Gasteiger partial charge in [0.1, 0.15) is 0 Å². The largest absolute Gasteiger partial charge is 0.358 e. The number of rotatable bonds is 7. The molecule has 4 nitrogen and oxygen atoms in total. The van der Waals surface area contributed by atoms with E-state index >= 15 is 0 Å². The van der Waals surface area contributed by atoms with Gasteiger partial charge in [-0.25, -0.2) is 5.26 Å². The van der Waals surface area contributed by atoms with Crippen molar-refractivity contribution in [1.82, 2.24) is 0 Å². The summed E-state index contributed by atoms with van der Waals surface area (Å²) in [7, 11) is -3.48. The van der Waals surface area contributed by atoms with Gasteiger partial charge in [-0.3, -0.25) is 4.57 Å². The van der Waals surface area contributed by atoms with E-state index in [9.17, 15) is 4.57 Å².